The molecule has 0 spiro atoms. The molecule has 4 aliphatic rings. The fourth-order valence-electron chi connectivity index (χ4n) is 5.44. The fourth-order valence-corrected chi connectivity index (χ4v) is 5.44. The number of nitrogens with zero attached hydrogens (tertiary/aromatic N) is 2. The van der Waals surface area contributed by atoms with Crippen molar-refractivity contribution in [3.05, 3.63) is 103 Å². The molecule has 2 bridgehead atoms. The van der Waals surface area contributed by atoms with Gasteiger partial charge in [-0.3, -0.25) is 10.1 Å². The van der Waals surface area contributed by atoms with Gasteiger partial charge in [-0.15, -0.1) is 0 Å². The van der Waals surface area contributed by atoms with Crippen LogP contribution in [0.5, 0.6) is 5.75 Å². The molecular formula is C25H18N2O3. The maximum atomic E-state index is 11.6. The highest BCUT2D eigenvalue weighted by Crippen LogP contribution is 2.60. The third-order valence-electron chi connectivity index (χ3n) is 6.87. The van der Waals surface area contributed by atoms with Gasteiger partial charge in [-0.25, -0.2) is 0 Å². The first kappa shape index (κ1) is 17.2. The third kappa shape index (κ3) is 2.22. The molecule has 1 saturated carbocycles. The lowest BCUT2D eigenvalue weighted by Crippen LogP contribution is -2.29. The van der Waals surface area contributed by atoms with Gasteiger partial charge in [0.1, 0.15) is 0 Å². The number of phenolic OH excluding ortho intramolecular Hbond substituents is 1. The number of hydrogen-bond donors (Lipinski definition) is 1. The summed E-state index contributed by atoms with van der Waals surface area (Å²) in [6.07, 6.45) is 3.63. The van der Waals surface area contributed by atoms with Gasteiger partial charge in [0.05, 0.1) is 16.6 Å². The molecule has 0 amide bonds. The van der Waals surface area contributed by atoms with Crippen molar-refractivity contribution in [2.75, 3.05) is 0 Å². The summed E-state index contributed by atoms with van der Waals surface area (Å²) in [6, 6.07) is 18.0. The van der Waals surface area contributed by atoms with Crippen LogP contribution in [0, 0.1) is 27.4 Å². The molecule has 0 aromatic heterocycles. The average molecular weight is 394 g/mol. The van der Waals surface area contributed by atoms with Gasteiger partial charge >= 0.3 is 5.69 Å². The zero-order chi connectivity index (χ0) is 20.6. The van der Waals surface area contributed by atoms with Gasteiger partial charge in [-0.05, 0) is 58.6 Å². The molecule has 0 aliphatic heterocycles. The van der Waals surface area contributed by atoms with Crippen LogP contribution in [0.15, 0.2) is 48.5 Å². The Kier molecular flexibility index (Phi) is 3.41. The molecule has 30 heavy (non-hydrogen) atoms. The van der Waals surface area contributed by atoms with E-state index in [1.165, 1.54) is 24.5 Å². The number of aromatic hydroxyl groups is 1. The number of hydrogen-bond acceptors (Lipinski definition) is 4. The van der Waals surface area contributed by atoms with Crippen LogP contribution in [0.3, 0.4) is 0 Å². The Bertz CT molecular complexity index is 1300. The van der Waals surface area contributed by atoms with Crippen molar-refractivity contribution in [1.29, 1.82) is 5.26 Å². The van der Waals surface area contributed by atoms with Gasteiger partial charge in [0.2, 0.25) is 0 Å². The highest BCUT2D eigenvalue weighted by atomic mass is 16.6. The van der Waals surface area contributed by atoms with Crippen LogP contribution in [0.2, 0.25) is 0 Å². The van der Waals surface area contributed by atoms with Crippen LogP contribution in [-0.2, 0) is 6.42 Å². The van der Waals surface area contributed by atoms with Crippen molar-refractivity contribution in [1.82, 2.24) is 0 Å². The largest absolute Gasteiger partial charge is 0.502 e. The van der Waals surface area contributed by atoms with Crippen LogP contribution in [0.1, 0.15) is 69.2 Å². The minimum atomic E-state index is -0.607. The van der Waals surface area contributed by atoms with Crippen LogP contribution in [0.4, 0.5) is 5.69 Å². The van der Waals surface area contributed by atoms with E-state index < -0.39 is 10.6 Å². The minimum Gasteiger partial charge on any atom is -0.502 e. The van der Waals surface area contributed by atoms with Crippen LogP contribution >= 0.6 is 0 Å². The molecule has 0 radical (unpaired) electrons. The quantitative estimate of drug-likeness (QED) is 0.340. The predicted octanol–water partition coefficient (Wildman–Crippen LogP) is 5.11. The van der Waals surface area contributed by atoms with E-state index >= 15 is 0 Å². The zero-order valence-corrected chi connectivity index (χ0v) is 16.1. The molecule has 146 valence electrons. The normalized spacial score (nSPS) is 20.1. The van der Waals surface area contributed by atoms with E-state index in [1.54, 1.807) is 0 Å². The topological polar surface area (TPSA) is 87.2 Å². The number of nitriles is 1. The highest BCUT2D eigenvalue weighted by molar-refractivity contribution is 5.76. The Hall–Kier alpha value is -3.65. The number of benzene rings is 3. The van der Waals surface area contributed by atoms with E-state index in [1.807, 2.05) is 18.2 Å². The molecule has 5 heteroatoms. The molecule has 3 aromatic rings. The summed E-state index contributed by atoms with van der Waals surface area (Å²) in [6.45, 7) is 0. The van der Waals surface area contributed by atoms with E-state index in [9.17, 15) is 20.5 Å². The standard InChI is InChI=1S/C25H18N2O3/c26-12-15-11-20(27(29)30)25(28)24-21(15)23-17-4-2-1-3-16(17)22(24)18-8-7-14(10-19(18)23)9-13-5-6-13/h1-4,7-8,10-11,13,22-23,28H,5-6,9H2. The zero-order valence-electron chi connectivity index (χ0n) is 16.1. The van der Waals surface area contributed by atoms with Crippen molar-refractivity contribution in [2.24, 2.45) is 5.92 Å². The van der Waals surface area contributed by atoms with Gasteiger partial charge in [-0.2, -0.15) is 5.26 Å². The monoisotopic (exact) mass is 394 g/mol. The summed E-state index contributed by atoms with van der Waals surface area (Å²) >= 11 is 0. The van der Waals surface area contributed by atoms with Crippen molar-refractivity contribution in [2.45, 2.75) is 31.1 Å². The second-order valence-corrected chi connectivity index (χ2v) is 8.59. The molecule has 3 aromatic carbocycles. The maximum absolute atomic E-state index is 11.6. The van der Waals surface area contributed by atoms with Gasteiger partial charge < -0.3 is 5.11 Å². The lowest BCUT2D eigenvalue weighted by Gasteiger charge is -2.42. The second-order valence-electron chi connectivity index (χ2n) is 8.59. The molecule has 1 fully saturated rings. The predicted molar refractivity (Wildman–Crippen MR) is 111 cm³/mol. The molecule has 7 rings (SSSR count). The van der Waals surface area contributed by atoms with Crippen LogP contribution in [0.25, 0.3) is 0 Å². The second kappa shape index (κ2) is 5.93. The Balaban J connectivity index is 1.67. The van der Waals surface area contributed by atoms with Crippen molar-refractivity contribution < 1.29 is 10.0 Å². The lowest BCUT2D eigenvalue weighted by molar-refractivity contribution is -0.386. The first-order valence-corrected chi connectivity index (χ1v) is 10.2. The number of nitro groups is 1. The number of rotatable bonds is 3. The molecule has 4 aliphatic carbocycles. The van der Waals surface area contributed by atoms with E-state index in [0.29, 0.717) is 5.56 Å². The van der Waals surface area contributed by atoms with E-state index in [2.05, 4.69) is 30.3 Å². The number of nitro benzene ring substituents is 1. The lowest BCUT2D eigenvalue weighted by atomic mass is 9.59. The Morgan fingerprint density at radius 3 is 2.30 bits per heavy atom. The molecule has 0 saturated heterocycles. The molecular weight excluding hydrogens is 376 g/mol. The number of phenols is 1. The Morgan fingerprint density at radius 1 is 1.00 bits per heavy atom. The summed E-state index contributed by atoms with van der Waals surface area (Å²) in [7, 11) is 0. The molecule has 0 heterocycles. The maximum Gasteiger partial charge on any atom is 0.312 e. The first-order valence-electron chi connectivity index (χ1n) is 10.2. The summed E-state index contributed by atoms with van der Waals surface area (Å²) in [5.74, 6) is -0.0501. The van der Waals surface area contributed by atoms with Gasteiger partial charge in [0, 0.05) is 23.5 Å². The molecule has 2 atom stereocenters. The van der Waals surface area contributed by atoms with Crippen molar-refractivity contribution >= 4 is 5.69 Å². The minimum absolute atomic E-state index is 0.197. The van der Waals surface area contributed by atoms with E-state index in [4.69, 9.17) is 0 Å². The van der Waals surface area contributed by atoms with E-state index in [0.717, 1.165) is 40.2 Å². The molecule has 1 N–H and O–H groups in total. The highest BCUT2D eigenvalue weighted by Gasteiger charge is 2.46. The first-order chi connectivity index (χ1) is 14.6. The summed E-state index contributed by atoms with van der Waals surface area (Å²) in [5, 5.41) is 32.3. The summed E-state index contributed by atoms with van der Waals surface area (Å²) in [5.41, 5.74) is 6.83. The van der Waals surface area contributed by atoms with Crippen molar-refractivity contribution in [3.8, 4) is 11.8 Å². The third-order valence-corrected chi connectivity index (χ3v) is 6.87. The van der Waals surface area contributed by atoms with Gasteiger partial charge in [0.15, 0.2) is 5.75 Å². The average Bonchev–Trinajstić information content (AvgIpc) is 3.57. The van der Waals surface area contributed by atoms with E-state index in [-0.39, 0.29) is 23.1 Å². The summed E-state index contributed by atoms with van der Waals surface area (Å²) < 4.78 is 0. The summed E-state index contributed by atoms with van der Waals surface area (Å²) in [4.78, 5) is 11.0. The van der Waals surface area contributed by atoms with Crippen molar-refractivity contribution in [3.63, 3.8) is 0 Å². The smallest absolute Gasteiger partial charge is 0.312 e. The van der Waals surface area contributed by atoms with Crippen LogP contribution in [-0.4, -0.2) is 10.0 Å². The SMILES string of the molecule is N#Cc1cc([N+](=O)[O-])c(O)c2c1C1c3ccccc3C2c2ccc(CC3CC3)cc21. The molecule has 2 unspecified atom stereocenters. The van der Waals surface area contributed by atoms with Crippen LogP contribution < -0.4 is 0 Å². The van der Waals surface area contributed by atoms with Gasteiger partial charge in [-0.1, -0.05) is 42.5 Å². The Morgan fingerprint density at radius 2 is 1.67 bits per heavy atom. The molecule has 5 nitrogen and oxygen atoms in total. The van der Waals surface area contributed by atoms with Gasteiger partial charge in [0.25, 0.3) is 0 Å². The Labute approximate surface area is 173 Å². The fraction of sp³-hybridized carbons (Fsp3) is 0.240.